The SMILES string of the molecule is N#CC1(C(=O)N2CCC(NS(=O)(=O)c3ccccc3)CC2)CCCC1. The highest BCUT2D eigenvalue weighted by Gasteiger charge is 2.44. The van der Waals surface area contributed by atoms with E-state index in [1.165, 1.54) is 0 Å². The van der Waals surface area contributed by atoms with E-state index in [1.54, 1.807) is 35.2 Å². The van der Waals surface area contributed by atoms with Crippen molar-refractivity contribution in [3.05, 3.63) is 30.3 Å². The number of hydrogen-bond donors (Lipinski definition) is 1. The Balaban J connectivity index is 1.59. The standard InChI is InChI=1S/C18H23N3O3S/c19-14-18(10-4-5-11-18)17(22)21-12-8-15(9-13-21)20-25(23,24)16-6-2-1-3-7-16/h1-3,6-7,15,20H,4-5,8-13H2. The summed E-state index contributed by atoms with van der Waals surface area (Å²) in [7, 11) is -3.54. The molecule has 3 rings (SSSR count). The molecule has 0 atom stereocenters. The number of amides is 1. The number of likely N-dealkylation sites (tertiary alicyclic amines) is 1. The molecule has 1 aromatic rings. The zero-order chi connectivity index (χ0) is 17.9. The van der Waals surface area contributed by atoms with Crippen molar-refractivity contribution >= 4 is 15.9 Å². The van der Waals surface area contributed by atoms with E-state index in [-0.39, 0.29) is 16.8 Å². The van der Waals surface area contributed by atoms with Gasteiger partial charge in [-0.25, -0.2) is 13.1 Å². The van der Waals surface area contributed by atoms with E-state index < -0.39 is 15.4 Å². The third kappa shape index (κ3) is 3.70. The van der Waals surface area contributed by atoms with Crippen molar-refractivity contribution in [2.24, 2.45) is 5.41 Å². The van der Waals surface area contributed by atoms with Gasteiger partial charge in [-0.15, -0.1) is 0 Å². The summed E-state index contributed by atoms with van der Waals surface area (Å²) < 4.78 is 27.5. The molecule has 0 spiro atoms. The Bertz CT molecular complexity index is 757. The molecule has 1 saturated heterocycles. The van der Waals surface area contributed by atoms with Crippen molar-refractivity contribution in [1.82, 2.24) is 9.62 Å². The lowest BCUT2D eigenvalue weighted by atomic mass is 9.85. The average Bonchev–Trinajstić information content (AvgIpc) is 3.12. The van der Waals surface area contributed by atoms with Crippen LogP contribution in [-0.2, 0) is 14.8 Å². The van der Waals surface area contributed by atoms with Crippen LogP contribution in [0.1, 0.15) is 38.5 Å². The number of sulfonamides is 1. The Labute approximate surface area is 148 Å². The van der Waals surface area contributed by atoms with E-state index >= 15 is 0 Å². The third-order valence-electron chi connectivity index (χ3n) is 5.24. The Kier molecular flexibility index (Phi) is 5.11. The molecule has 0 aromatic heterocycles. The predicted molar refractivity (Wildman–Crippen MR) is 92.9 cm³/mol. The van der Waals surface area contributed by atoms with E-state index in [4.69, 9.17) is 0 Å². The monoisotopic (exact) mass is 361 g/mol. The maximum absolute atomic E-state index is 12.7. The summed E-state index contributed by atoms with van der Waals surface area (Å²) >= 11 is 0. The number of benzene rings is 1. The van der Waals surface area contributed by atoms with Gasteiger partial charge in [0.1, 0.15) is 5.41 Å². The highest BCUT2D eigenvalue weighted by atomic mass is 32.2. The molecule has 1 amide bonds. The topological polar surface area (TPSA) is 90.3 Å². The van der Waals surface area contributed by atoms with Crippen LogP contribution in [-0.4, -0.2) is 38.4 Å². The van der Waals surface area contributed by atoms with Crippen LogP contribution in [0, 0.1) is 16.7 Å². The normalized spacial score (nSPS) is 21.0. The van der Waals surface area contributed by atoms with Crippen LogP contribution < -0.4 is 4.72 Å². The zero-order valence-electron chi connectivity index (χ0n) is 14.1. The van der Waals surface area contributed by atoms with E-state index in [2.05, 4.69) is 10.8 Å². The maximum atomic E-state index is 12.7. The van der Waals surface area contributed by atoms with Gasteiger partial charge in [-0.05, 0) is 37.8 Å². The number of rotatable bonds is 4. The maximum Gasteiger partial charge on any atom is 0.243 e. The summed E-state index contributed by atoms with van der Waals surface area (Å²) in [4.78, 5) is 14.7. The molecule has 0 bridgehead atoms. The van der Waals surface area contributed by atoms with Crippen LogP contribution >= 0.6 is 0 Å². The lowest BCUT2D eigenvalue weighted by Gasteiger charge is -2.35. The fraction of sp³-hybridized carbons (Fsp3) is 0.556. The summed E-state index contributed by atoms with van der Waals surface area (Å²) in [5.41, 5.74) is -0.851. The quantitative estimate of drug-likeness (QED) is 0.888. The second kappa shape index (κ2) is 7.14. The van der Waals surface area contributed by atoms with E-state index in [9.17, 15) is 18.5 Å². The van der Waals surface area contributed by atoms with Crippen molar-refractivity contribution < 1.29 is 13.2 Å². The summed E-state index contributed by atoms with van der Waals surface area (Å²) in [5.74, 6) is -0.0723. The van der Waals surface area contributed by atoms with Gasteiger partial charge in [-0.2, -0.15) is 5.26 Å². The van der Waals surface area contributed by atoms with Crippen molar-refractivity contribution in [2.45, 2.75) is 49.5 Å². The number of nitriles is 1. The van der Waals surface area contributed by atoms with Crippen LogP contribution in [0.15, 0.2) is 35.2 Å². The summed E-state index contributed by atoms with van der Waals surface area (Å²) in [6, 6.07) is 10.4. The fourth-order valence-corrected chi connectivity index (χ4v) is 5.07. The fourth-order valence-electron chi connectivity index (χ4n) is 3.74. The third-order valence-corrected chi connectivity index (χ3v) is 6.77. The Hall–Kier alpha value is -1.91. The second-order valence-electron chi connectivity index (χ2n) is 6.90. The van der Waals surface area contributed by atoms with Gasteiger partial charge >= 0.3 is 0 Å². The molecule has 134 valence electrons. The molecule has 1 aromatic carbocycles. The molecular formula is C18H23N3O3S. The van der Waals surface area contributed by atoms with Gasteiger partial charge in [0.25, 0.3) is 0 Å². The minimum absolute atomic E-state index is 0.0723. The lowest BCUT2D eigenvalue weighted by Crippen LogP contribution is -2.50. The molecule has 1 heterocycles. The first-order valence-corrected chi connectivity index (χ1v) is 10.2. The van der Waals surface area contributed by atoms with Gasteiger partial charge in [0, 0.05) is 19.1 Å². The molecule has 0 unspecified atom stereocenters. The second-order valence-corrected chi connectivity index (χ2v) is 8.62. The molecule has 25 heavy (non-hydrogen) atoms. The van der Waals surface area contributed by atoms with Gasteiger partial charge in [-0.3, -0.25) is 4.79 Å². The van der Waals surface area contributed by atoms with Crippen LogP contribution in [0.5, 0.6) is 0 Å². The minimum atomic E-state index is -3.54. The number of nitrogens with zero attached hydrogens (tertiary/aromatic N) is 2. The number of carbonyl (C=O) groups is 1. The smallest absolute Gasteiger partial charge is 0.243 e. The number of hydrogen-bond acceptors (Lipinski definition) is 4. The summed E-state index contributed by atoms with van der Waals surface area (Å²) in [6.07, 6.45) is 4.27. The number of piperidine rings is 1. The van der Waals surface area contributed by atoms with Crippen molar-refractivity contribution in [2.75, 3.05) is 13.1 Å². The molecule has 2 aliphatic rings. The van der Waals surface area contributed by atoms with Crippen LogP contribution in [0.3, 0.4) is 0 Å². The summed E-state index contributed by atoms with van der Waals surface area (Å²) in [5, 5.41) is 9.46. The van der Waals surface area contributed by atoms with Gasteiger partial charge in [0.2, 0.25) is 15.9 Å². The summed E-state index contributed by atoms with van der Waals surface area (Å²) in [6.45, 7) is 0.981. The van der Waals surface area contributed by atoms with Crippen molar-refractivity contribution in [3.8, 4) is 6.07 Å². The molecule has 1 saturated carbocycles. The van der Waals surface area contributed by atoms with E-state index in [0.29, 0.717) is 38.8 Å². The Morgan fingerprint density at radius 3 is 2.32 bits per heavy atom. The van der Waals surface area contributed by atoms with Gasteiger partial charge < -0.3 is 4.90 Å². The van der Waals surface area contributed by atoms with Gasteiger partial charge in [-0.1, -0.05) is 31.0 Å². The number of carbonyl (C=O) groups excluding carboxylic acids is 1. The van der Waals surface area contributed by atoms with Crippen molar-refractivity contribution in [3.63, 3.8) is 0 Å². The highest BCUT2D eigenvalue weighted by molar-refractivity contribution is 7.89. The lowest BCUT2D eigenvalue weighted by molar-refractivity contribution is -0.139. The molecule has 6 nitrogen and oxygen atoms in total. The predicted octanol–water partition coefficient (Wildman–Crippen LogP) is 2.04. The molecule has 7 heteroatoms. The molecule has 1 aliphatic carbocycles. The molecule has 1 aliphatic heterocycles. The van der Waals surface area contributed by atoms with Crippen LogP contribution in [0.2, 0.25) is 0 Å². The first-order chi connectivity index (χ1) is 12.0. The molecule has 2 fully saturated rings. The first-order valence-electron chi connectivity index (χ1n) is 8.75. The first kappa shape index (κ1) is 17.9. The molecule has 0 radical (unpaired) electrons. The van der Waals surface area contributed by atoms with Crippen molar-refractivity contribution in [1.29, 1.82) is 5.26 Å². The van der Waals surface area contributed by atoms with E-state index in [0.717, 1.165) is 12.8 Å². The minimum Gasteiger partial charge on any atom is -0.341 e. The van der Waals surface area contributed by atoms with E-state index in [1.807, 2.05) is 0 Å². The van der Waals surface area contributed by atoms with Gasteiger partial charge in [0.05, 0.1) is 11.0 Å². The number of nitrogens with one attached hydrogen (secondary N) is 1. The van der Waals surface area contributed by atoms with Crippen LogP contribution in [0.4, 0.5) is 0 Å². The Morgan fingerprint density at radius 2 is 1.76 bits per heavy atom. The molecular weight excluding hydrogens is 338 g/mol. The average molecular weight is 361 g/mol. The zero-order valence-corrected chi connectivity index (χ0v) is 15.0. The van der Waals surface area contributed by atoms with Crippen LogP contribution in [0.25, 0.3) is 0 Å². The van der Waals surface area contributed by atoms with Gasteiger partial charge in [0.15, 0.2) is 0 Å². The molecule has 1 N–H and O–H groups in total. The highest BCUT2D eigenvalue weighted by Crippen LogP contribution is 2.39. The Morgan fingerprint density at radius 1 is 1.16 bits per heavy atom. The largest absolute Gasteiger partial charge is 0.341 e.